The van der Waals surface area contributed by atoms with Gasteiger partial charge in [-0.15, -0.1) is 0 Å². The van der Waals surface area contributed by atoms with Crippen molar-refractivity contribution in [1.82, 2.24) is 9.97 Å². The topological polar surface area (TPSA) is 112 Å². The summed E-state index contributed by atoms with van der Waals surface area (Å²) in [5, 5.41) is 0. The number of hydrogen-bond acceptors (Lipinski definition) is 4. The van der Waals surface area contributed by atoms with Crippen LogP contribution < -0.4 is 15.8 Å². The smallest absolute Gasteiger partial charge is 0.314 e. The molecule has 0 aliphatic heterocycles. The summed E-state index contributed by atoms with van der Waals surface area (Å²) in [6, 6.07) is 11.2. The van der Waals surface area contributed by atoms with E-state index in [0.29, 0.717) is 11.2 Å². The lowest BCUT2D eigenvalue weighted by Gasteiger charge is -2.10. The van der Waals surface area contributed by atoms with Gasteiger partial charge in [0, 0.05) is 5.69 Å². The Morgan fingerprint density at radius 3 is 2.38 bits per heavy atom. The summed E-state index contributed by atoms with van der Waals surface area (Å²) in [4.78, 5) is 27.4. The Hall–Kier alpha value is -2.87. The molecule has 0 amide bonds. The van der Waals surface area contributed by atoms with E-state index >= 15 is 0 Å². The summed E-state index contributed by atoms with van der Waals surface area (Å²) in [7, 11) is -3.82. The molecule has 1 heterocycles. The second kappa shape index (κ2) is 5.97. The van der Waals surface area contributed by atoms with Gasteiger partial charge in [-0.1, -0.05) is 19.1 Å². The van der Waals surface area contributed by atoms with E-state index in [1.54, 1.807) is 18.2 Å². The zero-order chi connectivity index (χ0) is 17.3. The van der Waals surface area contributed by atoms with Crippen LogP contribution in [0.15, 0.2) is 56.9 Å². The Morgan fingerprint density at radius 1 is 0.958 bits per heavy atom. The van der Waals surface area contributed by atoms with Crippen molar-refractivity contribution in [2.75, 3.05) is 4.72 Å². The van der Waals surface area contributed by atoms with Gasteiger partial charge in [0.15, 0.2) is 0 Å². The van der Waals surface area contributed by atoms with Crippen LogP contribution in [0.4, 0.5) is 5.69 Å². The number of sulfonamides is 1. The first kappa shape index (κ1) is 16.0. The fourth-order valence-corrected chi connectivity index (χ4v) is 3.41. The van der Waals surface area contributed by atoms with Crippen LogP contribution in [0.3, 0.4) is 0 Å². The minimum atomic E-state index is -3.82. The molecule has 0 bridgehead atoms. The third-order valence-electron chi connectivity index (χ3n) is 3.59. The number of H-pyrrole nitrogens is 2. The van der Waals surface area contributed by atoms with Crippen molar-refractivity contribution >= 4 is 26.7 Å². The van der Waals surface area contributed by atoms with E-state index in [-0.39, 0.29) is 10.4 Å². The predicted molar refractivity (Wildman–Crippen MR) is 91.8 cm³/mol. The molecule has 24 heavy (non-hydrogen) atoms. The van der Waals surface area contributed by atoms with Crippen molar-refractivity contribution in [2.45, 2.75) is 18.2 Å². The quantitative estimate of drug-likeness (QED) is 0.623. The van der Waals surface area contributed by atoms with Gasteiger partial charge < -0.3 is 9.97 Å². The molecule has 0 atom stereocenters. The molecule has 0 saturated heterocycles. The molecule has 2 aromatic carbocycles. The maximum absolute atomic E-state index is 12.5. The molecule has 3 rings (SSSR count). The van der Waals surface area contributed by atoms with E-state index in [9.17, 15) is 18.0 Å². The number of nitrogens with one attached hydrogen (secondary N) is 3. The largest absolute Gasteiger partial charge is 0.316 e. The molecule has 3 N–H and O–H groups in total. The first-order chi connectivity index (χ1) is 11.4. The number of aromatic amines is 2. The highest BCUT2D eigenvalue weighted by Crippen LogP contribution is 2.19. The number of rotatable bonds is 4. The van der Waals surface area contributed by atoms with Crippen molar-refractivity contribution in [3.8, 4) is 0 Å². The Morgan fingerprint density at radius 2 is 1.67 bits per heavy atom. The number of hydrogen-bond donors (Lipinski definition) is 3. The van der Waals surface area contributed by atoms with Crippen LogP contribution in [0, 0.1) is 0 Å². The monoisotopic (exact) mass is 345 g/mol. The second-order valence-corrected chi connectivity index (χ2v) is 6.96. The normalized spacial score (nSPS) is 11.5. The molecule has 1 aromatic heterocycles. The lowest BCUT2D eigenvalue weighted by Crippen LogP contribution is -2.29. The summed E-state index contributed by atoms with van der Waals surface area (Å²) in [6.07, 6.45) is 0.792. The van der Waals surface area contributed by atoms with E-state index in [2.05, 4.69) is 14.7 Å². The first-order valence-electron chi connectivity index (χ1n) is 7.27. The fraction of sp³-hybridized carbons (Fsp3) is 0.125. The highest BCUT2D eigenvalue weighted by Gasteiger charge is 2.15. The van der Waals surface area contributed by atoms with Crippen molar-refractivity contribution in [3.63, 3.8) is 0 Å². The Bertz CT molecular complexity index is 1130. The number of aromatic nitrogens is 2. The summed E-state index contributed by atoms with van der Waals surface area (Å²) in [6.45, 7) is 1.98. The van der Waals surface area contributed by atoms with Crippen molar-refractivity contribution in [2.24, 2.45) is 0 Å². The highest BCUT2D eigenvalue weighted by molar-refractivity contribution is 7.92. The van der Waals surface area contributed by atoms with Gasteiger partial charge in [0.25, 0.3) is 10.0 Å². The number of anilines is 1. The van der Waals surface area contributed by atoms with Crippen LogP contribution in [0.25, 0.3) is 11.0 Å². The maximum Gasteiger partial charge on any atom is 0.314 e. The van der Waals surface area contributed by atoms with Crippen LogP contribution in [0.2, 0.25) is 0 Å². The Kier molecular flexibility index (Phi) is 3.98. The summed E-state index contributed by atoms with van der Waals surface area (Å²) in [5.74, 6) is 0. The van der Waals surface area contributed by atoms with Crippen LogP contribution in [0.1, 0.15) is 12.5 Å². The van der Waals surface area contributed by atoms with Crippen LogP contribution in [-0.2, 0) is 16.4 Å². The molecule has 8 heteroatoms. The minimum absolute atomic E-state index is 0.0143. The van der Waals surface area contributed by atoms with Gasteiger partial charge >= 0.3 is 11.1 Å². The number of benzene rings is 2. The minimum Gasteiger partial charge on any atom is -0.316 e. The molecular formula is C16H15N3O4S. The molecule has 124 valence electrons. The van der Waals surface area contributed by atoms with Gasteiger partial charge in [-0.3, -0.25) is 14.3 Å². The van der Waals surface area contributed by atoms with Crippen LogP contribution >= 0.6 is 0 Å². The second-order valence-electron chi connectivity index (χ2n) is 5.28. The molecule has 0 unspecified atom stereocenters. The van der Waals surface area contributed by atoms with Gasteiger partial charge in [0.2, 0.25) is 0 Å². The molecule has 3 aromatic rings. The molecular weight excluding hydrogens is 330 g/mol. The first-order valence-corrected chi connectivity index (χ1v) is 8.75. The number of aryl methyl sites for hydroxylation is 1. The lowest BCUT2D eigenvalue weighted by atomic mass is 10.1. The van der Waals surface area contributed by atoms with Crippen molar-refractivity contribution < 1.29 is 8.42 Å². The van der Waals surface area contributed by atoms with Gasteiger partial charge in [-0.2, -0.15) is 0 Å². The van der Waals surface area contributed by atoms with Crippen LogP contribution in [-0.4, -0.2) is 18.4 Å². The summed E-state index contributed by atoms with van der Waals surface area (Å²) >= 11 is 0. The van der Waals surface area contributed by atoms with Gasteiger partial charge in [-0.25, -0.2) is 8.42 Å². The average molecular weight is 345 g/mol. The third-order valence-corrected chi connectivity index (χ3v) is 4.97. The highest BCUT2D eigenvalue weighted by atomic mass is 32.2. The van der Waals surface area contributed by atoms with Crippen molar-refractivity contribution in [3.05, 3.63) is 68.7 Å². The average Bonchev–Trinajstić information content (AvgIpc) is 2.55. The van der Waals surface area contributed by atoms with E-state index in [1.165, 1.54) is 18.2 Å². The predicted octanol–water partition coefficient (Wildman–Crippen LogP) is 1.58. The van der Waals surface area contributed by atoms with Crippen molar-refractivity contribution in [1.29, 1.82) is 0 Å². The molecule has 0 spiro atoms. The SMILES string of the molecule is CCc1cccc(NS(=O)(=O)c2ccc3[nH]c(=O)c(=O)[nH]c3c2)c1. The zero-order valence-electron chi connectivity index (χ0n) is 12.8. The van der Waals surface area contributed by atoms with Crippen LogP contribution in [0.5, 0.6) is 0 Å². The molecule has 0 saturated carbocycles. The summed E-state index contributed by atoms with van der Waals surface area (Å²) < 4.78 is 27.6. The lowest BCUT2D eigenvalue weighted by molar-refractivity contribution is 0.601. The van der Waals surface area contributed by atoms with Gasteiger partial charge in [0.05, 0.1) is 15.9 Å². The maximum atomic E-state index is 12.5. The van der Waals surface area contributed by atoms with E-state index in [1.807, 2.05) is 13.0 Å². The molecule has 0 fully saturated rings. The molecule has 7 nitrogen and oxygen atoms in total. The third kappa shape index (κ3) is 3.09. The van der Waals surface area contributed by atoms with E-state index < -0.39 is 21.1 Å². The van der Waals surface area contributed by atoms with E-state index in [0.717, 1.165) is 12.0 Å². The van der Waals surface area contributed by atoms with Gasteiger partial charge in [0.1, 0.15) is 0 Å². The Balaban J connectivity index is 2.02. The van der Waals surface area contributed by atoms with Gasteiger partial charge in [-0.05, 0) is 42.3 Å². The number of fused-ring (bicyclic) bond motifs is 1. The molecule has 0 aliphatic rings. The summed E-state index contributed by atoms with van der Waals surface area (Å²) in [5.41, 5.74) is 0.449. The molecule has 0 radical (unpaired) electrons. The Labute approximate surface area is 137 Å². The molecule has 0 aliphatic carbocycles. The fourth-order valence-electron chi connectivity index (χ4n) is 2.33. The zero-order valence-corrected chi connectivity index (χ0v) is 13.6. The standard InChI is InChI=1S/C16H15N3O4S/c1-2-10-4-3-5-11(8-10)19-24(22,23)12-6-7-13-14(9-12)18-16(21)15(20)17-13/h3-9,19H,2H2,1H3,(H,17,20)(H,18,21). The van der Waals surface area contributed by atoms with E-state index in [4.69, 9.17) is 0 Å².